The van der Waals surface area contributed by atoms with Crippen LogP contribution in [0.2, 0.25) is 0 Å². The number of carboxylic acids is 1. The van der Waals surface area contributed by atoms with Crippen molar-refractivity contribution < 1.29 is 32.7 Å². The Morgan fingerprint density at radius 1 is 1.25 bits per heavy atom. The molecule has 16 heteroatoms. The number of nitrogens with zero attached hydrogens (tertiary/aromatic N) is 4. The van der Waals surface area contributed by atoms with Gasteiger partial charge in [0.1, 0.15) is 6.04 Å². The highest BCUT2D eigenvalue weighted by Gasteiger charge is 2.45. The summed E-state index contributed by atoms with van der Waals surface area (Å²) in [4.78, 5) is 60.3. The Morgan fingerprint density at radius 3 is 2.58 bits per heavy atom. The van der Waals surface area contributed by atoms with Gasteiger partial charge in [-0.15, -0.1) is 11.3 Å². The van der Waals surface area contributed by atoms with Gasteiger partial charge in [-0.3, -0.25) is 19.2 Å². The molecule has 1 aromatic carbocycles. The van der Waals surface area contributed by atoms with Gasteiger partial charge in [0.25, 0.3) is 5.91 Å². The average Bonchev–Trinajstić information content (AvgIpc) is 3.45. The number of thiazole rings is 1. The number of aliphatic carboxylic acids is 1. The minimum absolute atomic E-state index is 0.177. The first-order valence-corrected chi connectivity index (χ1v) is 14.8. The van der Waals surface area contributed by atoms with Gasteiger partial charge in [0.15, 0.2) is 5.01 Å². The molecule has 0 saturated carbocycles. The van der Waals surface area contributed by atoms with E-state index in [0.29, 0.717) is 12.0 Å². The fourth-order valence-corrected chi connectivity index (χ4v) is 6.61. The Morgan fingerprint density at radius 2 is 1.98 bits per heavy atom. The standard InChI is InChI=1S/C24H31N7O7S2/c25-8-4-7-17(20(34)23-27-9-12-39-23)29-22(35)21(28-15-26)30-10-11-31(18(24(30)36)13-19(32)33)40(37,38)14-16-5-2-1-3-6-16/h1-3,5-6,9,12,15,17-18,21H,4,7-8,10-11,13-14,25H2,(H2,26,28)(H,29,35)(H,32,33). The number of carbonyl (C=O) groups is 4. The fourth-order valence-electron chi connectivity index (χ4n) is 4.29. The van der Waals surface area contributed by atoms with Crippen LogP contribution in [0.4, 0.5) is 0 Å². The highest BCUT2D eigenvalue weighted by atomic mass is 32.2. The van der Waals surface area contributed by atoms with E-state index in [1.165, 1.54) is 6.20 Å². The van der Waals surface area contributed by atoms with Crippen molar-refractivity contribution in [3.63, 3.8) is 0 Å². The third kappa shape index (κ3) is 7.68. The second kappa shape index (κ2) is 14.1. The quantitative estimate of drug-likeness (QED) is 0.124. The van der Waals surface area contributed by atoms with Crippen LogP contribution in [0.15, 0.2) is 46.9 Å². The molecule has 1 aliphatic heterocycles. The van der Waals surface area contributed by atoms with Crippen molar-refractivity contribution in [3.8, 4) is 0 Å². The molecular weight excluding hydrogens is 562 g/mol. The van der Waals surface area contributed by atoms with E-state index in [4.69, 9.17) is 11.5 Å². The van der Waals surface area contributed by atoms with Crippen LogP contribution in [-0.2, 0) is 30.2 Å². The Kier molecular flexibility index (Phi) is 10.8. The summed E-state index contributed by atoms with van der Waals surface area (Å²) in [7, 11) is -4.11. The van der Waals surface area contributed by atoms with E-state index >= 15 is 0 Å². The van der Waals surface area contributed by atoms with Gasteiger partial charge in [-0.2, -0.15) is 4.31 Å². The number of aliphatic imine (C=N–C) groups is 1. The summed E-state index contributed by atoms with van der Waals surface area (Å²) < 4.78 is 27.3. The molecule has 14 nitrogen and oxygen atoms in total. The summed E-state index contributed by atoms with van der Waals surface area (Å²) in [6.07, 6.45) is 0.460. The molecule has 3 rings (SSSR count). The minimum Gasteiger partial charge on any atom is -0.481 e. The zero-order chi connectivity index (χ0) is 29.3. The highest BCUT2D eigenvalue weighted by molar-refractivity contribution is 7.88. The Hall–Kier alpha value is -3.73. The number of nitrogens with two attached hydrogens (primary N) is 2. The number of hydrogen-bond donors (Lipinski definition) is 4. The van der Waals surface area contributed by atoms with Crippen molar-refractivity contribution in [2.24, 2.45) is 16.5 Å². The number of rotatable bonds is 14. The molecule has 2 heterocycles. The number of nitrogens with one attached hydrogen (secondary N) is 1. The topological polar surface area (TPSA) is 218 Å². The van der Waals surface area contributed by atoms with Gasteiger partial charge in [-0.1, -0.05) is 30.3 Å². The van der Waals surface area contributed by atoms with Crippen molar-refractivity contribution in [1.29, 1.82) is 0 Å². The molecule has 216 valence electrons. The van der Waals surface area contributed by atoms with E-state index in [1.807, 2.05) is 0 Å². The monoisotopic (exact) mass is 593 g/mol. The van der Waals surface area contributed by atoms with Gasteiger partial charge in [-0.25, -0.2) is 18.4 Å². The summed E-state index contributed by atoms with van der Waals surface area (Å²) in [5, 5.41) is 13.8. The molecule has 2 amide bonds. The van der Waals surface area contributed by atoms with Crippen molar-refractivity contribution in [3.05, 3.63) is 52.5 Å². The van der Waals surface area contributed by atoms with Crippen LogP contribution in [0.3, 0.4) is 0 Å². The first-order valence-electron chi connectivity index (χ1n) is 12.3. The molecule has 2 aromatic rings. The first-order chi connectivity index (χ1) is 19.1. The maximum absolute atomic E-state index is 13.5. The lowest BCUT2D eigenvalue weighted by atomic mass is 10.1. The van der Waals surface area contributed by atoms with Crippen LogP contribution in [0.5, 0.6) is 0 Å². The normalized spacial score (nSPS) is 18.0. The summed E-state index contributed by atoms with van der Waals surface area (Å²) in [5.74, 6) is -4.07. The van der Waals surface area contributed by atoms with Crippen molar-refractivity contribution >= 4 is 51.3 Å². The van der Waals surface area contributed by atoms with Crippen LogP contribution in [0, 0.1) is 0 Å². The van der Waals surface area contributed by atoms with Crippen LogP contribution >= 0.6 is 11.3 Å². The average molecular weight is 594 g/mol. The number of carboxylic acid groups (broad SMARTS) is 1. The summed E-state index contributed by atoms with van der Waals surface area (Å²) >= 11 is 1.10. The SMILES string of the molecule is N/C=N/C(C(=O)NC(CCCN)C(=O)c1nccs1)N1CCN(S(=O)(=O)Cc2ccccc2)C(CC(=O)O)C1=O. The van der Waals surface area contributed by atoms with E-state index in [9.17, 15) is 32.7 Å². The molecule has 0 spiro atoms. The van der Waals surface area contributed by atoms with Gasteiger partial charge < -0.3 is 26.8 Å². The maximum Gasteiger partial charge on any atom is 0.305 e. The summed E-state index contributed by atoms with van der Waals surface area (Å²) in [6, 6.07) is 5.62. The largest absolute Gasteiger partial charge is 0.481 e. The van der Waals surface area contributed by atoms with E-state index < -0.39 is 64.0 Å². The Labute approximate surface area is 235 Å². The summed E-state index contributed by atoms with van der Waals surface area (Å²) in [6.45, 7) is -0.291. The number of hydrogen-bond acceptors (Lipinski definition) is 10. The van der Waals surface area contributed by atoms with Gasteiger partial charge in [-0.05, 0) is 24.9 Å². The molecule has 1 aromatic heterocycles. The molecule has 6 N–H and O–H groups in total. The fraction of sp³-hybridized carbons (Fsp3) is 0.417. The minimum atomic E-state index is -4.11. The van der Waals surface area contributed by atoms with Gasteiger partial charge in [0, 0.05) is 24.7 Å². The van der Waals surface area contributed by atoms with Crippen molar-refractivity contribution in [2.75, 3.05) is 19.6 Å². The van der Waals surface area contributed by atoms with Crippen molar-refractivity contribution in [2.45, 2.75) is 43.3 Å². The van der Waals surface area contributed by atoms with E-state index in [2.05, 4.69) is 15.3 Å². The third-order valence-electron chi connectivity index (χ3n) is 6.12. The van der Waals surface area contributed by atoms with Crippen LogP contribution in [-0.4, -0.2) is 95.5 Å². The van der Waals surface area contributed by atoms with Crippen LogP contribution in [0.1, 0.15) is 34.6 Å². The zero-order valence-electron chi connectivity index (χ0n) is 21.5. The smallest absolute Gasteiger partial charge is 0.305 e. The van der Waals surface area contributed by atoms with Crippen LogP contribution < -0.4 is 16.8 Å². The highest BCUT2D eigenvalue weighted by Crippen LogP contribution is 2.24. The molecule has 1 fully saturated rings. The molecule has 0 bridgehead atoms. The first kappa shape index (κ1) is 30.8. The number of ketones is 1. The lowest BCUT2D eigenvalue weighted by molar-refractivity contribution is -0.150. The molecule has 1 aliphatic rings. The number of piperazine rings is 1. The second-order valence-electron chi connectivity index (χ2n) is 8.86. The molecule has 40 heavy (non-hydrogen) atoms. The van der Waals surface area contributed by atoms with E-state index in [-0.39, 0.29) is 31.1 Å². The zero-order valence-corrected chi connectivity index (χ0v) is 23.1. The van der Waals surface area contributed by atoms with Gasteiger partial charge in [0.2, 0.25) is 27.9 Å². The van der Waals surface area contributed by atoms with E-state index in [0.717, 1.165) is 26.9 Å². The second-order valence-corrected chi connectivity index (χ2v) is 11.7. The summed E-state index contributed by atoms with van der Waals surface area (Å²) in [5.41, 5.74) is 11.5. The molecule has 3 unspecified atom stereocenters. The number of amides is 2. The lowest BCUT2D eigenvalue weighted by Gasteiger charge is -2.41. The number of benzene rings is 1. The predicted molar refractivity (Wildman–Crippen MR) is 147 cm³/mol. The molecule has 0 radical (unpaired) electrons. The molecule has 0 aliphatic carbocycles. The predicted octanol–water partition coefficient (Wildman–Crippen LogP) is -0.620. The number of carbonyl (C=O) groups excluding carboxylic acids is 3. The van der Waals surface area contributed by atoms with Gasteiger partial charge >= 0.3 is 5.97 Å². The van der Waals surface area contributed by atoms with Crippen LogP contribution in [0.25, 0.3) is 0 Å². The Balaban J connectivity index is 1.85. The van der Waals surface area contributed by atoms with Gasteiger partial charge in [0.05, 0.1) is 24.6 Å². The maximum atomic E-state index is 13.5. The number of sulfonamides is 1. The van der Waals surface area contributed by atoms with Crippen molar-refractivity contribution in [1.82, 2.24) is 19.5 Å². The molecular formula is C24H31N7O7S2. The van der Waals surface area contributed by atoms with E-state index in [1.54, 1.807) is 35.7 Å². The number of aromatic nitrogens is 1. The lowest BCUT2D eigenvalue weighted by Crippen LogP contribution is -2.64. The third-order valence-corrected chi connectivity index (χ3v) is 8.76. The Bertz CT molecular complexity index is 1320. The molecule has 3 atom stereocenters. The number of Topliss-reactive ketones (excluding diaryl/α,β-unsaturated/α-hetero) is 1. The molecule has 1 saturated heterocycles.